The van der Waals surface area contributed by atoms with E-state index < -0.39 is 0 Å². The van der Waals surface area contributed by atoms with Crippen LogP contribution in [0.4, 0.5) is 5.82 Å². The molecule has 4 aromatic rings. The highest BCUT2D eigenvalue weighted by Crippen LogP contribution is 2.29. The van der Waals surface area contributed by atoms with E-state index in [0.29, 0.717) is 22.6 Å². The third kappa shape index (κ3) is 2.69. The number of hydrogen-bond donors (Lipinski definition) is 1. The highest BCUT2D eigenvalue weighted by Gasteiger charge is 2.15. The van der Waals surface area contributed by atoms with Crippen molar-refractivity contribution >= 4 is 17.2 Å². The molecule has 0 aliphatic carbocycles. The van der Waals surface area contributed by atoms with Gasteiger partial charge in [0, 0.05) is 22.9 Å². The fraction of sp³-hybridized carbons (Fsp3) is 0.0476. The van der Waals surface area contributed by atoms with Crippen molar-refractivity contribution in [2.24, 2.45) is 0 Å². The number of anilines is 1. The minimum absolute atomic E-state index is 0.0412. The maximum Gasteiger partial charge on any atom is 0.194 e. The van der Waals surface area contributed by atoms with Crippen molar-refractivity contribution in [3.63, 3.8) is 0 Å². The molecule has 0 atom stereocenters. The summed E-state index contributed by atoms with van der Waals surface area (Å²) in [5.74, 6) is 1.14. The molecule has 2 aromatic heterocycles. The number of pyridine rings is 1. The maximum absolute atomic E-state index is 12.7. The summed E-state index contributed by atoms with van der Waals surface area (Å²) >= 11 is 0. The second kappa shape index (κ2) is 6.37. The number of nitrogens with two attached hydrogens (primary N) is 1. The molecule has 0 saturated carbocycles. The van der Waals surface area contributed by atoms with Crippen LogP contribution < -0.4 is 10.5 Å². The standard InChI is InChI=1S/C21H17N3O2/c1-26-17-10-7-14(8-11-17)19-21(22)23-18-12-9-16(13-24(18)19)20(25)15-5-3-2-4-6-15/h2-13H,22H2,1H3. The molecular weight excluding hydrogens is 326 g/mol. The number of nitrogen functional groups attached to an aromatic ring is 1. The second-order valence-electron chi connectivity index (χ2n) is 5.92. The van der Waals surface area contributed by atoms with Gasteiger partial charge in [-0.05, 0) is 36.4 Å². The molecular formula is C21H17N3O2. The van der Waals surface area contributed by atoms with Gasteiger partial charge >= 0.3 is 0 Å². The molecule has 2 aromatic carbocycles. The van der Waals surface area contributed by atoms with Gasteiger partial charge in [0.05, 0.1) is 12.8 Å². The number of benzene rings is 2. The van der Waals surface area contributed by atoms with E-state index in [1.807, 2.05) is 46.9 Å². The van der Waals surface area contributed by atoms with E-state index in [0.717, 1.165) is 17.0 Å². The van der Waals surface area contributed by atoms with Gasteiger partial charge in [0.1, 0.15) is 11.4 Å². The molecule has 0 aliphatic rings. The first-order valence-corrected chi connectivity index (χ1v) is 8.19. The molecule has 0 radical (unpaired) electrons. The van der Waals surface area contributed by atoms with Crippen LogP contribution in [-0.4, -0.2) is 22.3 Å². The van der Waals surface area contributed by atoms with Gasteiger partial charge in [-0.2, -0.15) is 0 Å². The molecule has 2 N–H and O–H groups in total. The number of carbonyl (C=O) groups is 1. The summed E-state index contributed by atoms with van der Waals surface area (Å²) in [6.07, 6.45) is 1.79. The lowest BCUT2D eigenvalue weighted by Crippen LogP contribution is -2.03. The second-order valence-corrected chi connectivity index (χ2v) is 5.92. The van der Waals surface area contributed by atoms with Gasteiger partial charge in [-0.15, -0.1) is 0 Å². The Labute approximate surface area is 150 Å². The fourth-order valence-corrected chi connectivity index (χ4v) is 2.99. The van der Waals surface area contributed by atoms with Crippen LogP contribution in [0.1, 0.15) is 15.9 Å². The number of methoxy groups -OCH3 is 1. The SMILES string of the molecule is COc1ccc(-c2c(N)nc3ccc(C(=O)c4ccccc4)cn23)cc1. The van der Waals surface area contributed by atoms with Gasteiger partial charge in [0.15, 0.2) is 11.6 Å². The van der Waals surface area contributed by atoms with Crippen molar-refractivity contribution in [1.29, 1.82) is 0 Å². The van der Waals surface area contributed by atoms with Gasteiger partial charge in [-0.1, -0.05) is 30.3 Å². The Morgan fingerprint density at radius 1 is 0.962 bits per heavy atom. The molecule has 5 heteroatoms. The normalized spacial score (nSPS) is 10.8. The number of ketones is 1. The molecule has 2 heterocycles. The van der Waals surface area contributed by atoms with Crippen molar-refractivity contribution in [3.8, 4) is 17.0 Å². The third-order valence-electron chi connectivity index (χ3n) is 4.31. The Morgan fingerprint density at radius 2 is 1.69 bits per heavy atom. The minimum atomic E-state index is -0.0412. The zero-order valence-electron chi connectivity index (χ0n) is 14.2. The number of ether oxygens (including phenoxy) is 1. The minimum Gasteiger partial charge on any atom is -0.497 e. The lowest BCUT2D eigenvalue weighted by atomic mass is 10.1. The predicted molar refractivity (Wildman–Crippen MR) is 101 cm³/mol. The number of hydrogen-bond acceptors (Lipinski definition) is 4. The van der Waals surface area contributed by atoms with Crippen LogP contribution in [0.3, 0.4) is 0 Å². The zero-order valence-corrected chi connectivity index (χ0v) is 14.2. The Balaban J connectivity index is 1.83. The summed E-state index contributed by atoms with van der Waals surface area (Å²) in [6.45, 7) is 0. The Morgan fingerprint density at radius 3 is 2.38 bits per heavy atom. The van der Waals surface area contributed by atoms with Crippen molar-refractivity contribution in [1.82, 2.24) is 9.38 Å². The first-order chi connectivity index (χ1) is 12.7. The molecule has 0 unspecified atom stereocenters. The number of carbonyl (C=O) groups excluding carboxylic acids is 1. The number of aromatic nitrogens is 2. The summed E-state index contributed by atoms with van der Waals surface area (Å²) in [7, 11) is 1.62. The zero-order chi connectivity index (χ0) is 18.1. The van der Waals surface area contributed by atoms with Gasteiger partial charge in [-0.25, -0.2) is 4.98 Å². The molecule has 4 rings (SSSR count). The van der Waals surface area contributed by atoms with E-state index in [9.17, 15) is 4.79 Å². The lowest BCUT2D eigenvalue weighted by molar-refractivity contribution is 0.103. The summed E-state index contributed by atoms with van der Waals surface area (Å²) in [5, 5.41) is 0. The molecule has 0 saturated heterocycles. The van der Waals surface area contributed by atoms with E-state index in [1.165, 1.54) is 0 Å². The van der Waals surface area contributed by atoms with Gasteiger partial charge in [0.2, 0.25) is 0 Å². The smallest absolute Gasteiger partial charge is 0.194 e. The van der Waals surface area contributed by atoms with Crippen molar-refractivity contribution in [2.45, 2.75) is 0 Å². The number of imidazole rings is 1. The van der Waals surface area contributed by atoms with Crippen LogP contribution >= 0.6 is 0 Å². The summed E-state index contributed by atoms with van der Waals surface area (Å²) in [6, 6.07) is 20.4. The Kier molecular flexibility index (Phi) is 3.89. The largest absolute Gasteiger partial charge is 0.497 e. The average Bonchev–Trinajstić information content (AvgIpc) is 3.03. The van der Waals surface area contributed by atoms with E-state index in [1.54, 1.807) is 37.6 Å². The molecule has 0 aliphatic heterocycles. The number of fused-ring (bicyclic) bond motifs is 1. The monoisotopic (exact) mass is 343 g/mol. The summed E-state index contributed by atoms with van der Waals surface area (Å²) < 4.78 is 7.06. The third-order valence-corrected chi connectivity index (χ3v) is 4.31. The number of rotatable bonds is 4. The fourth-order valence-electron chi connectivity index (χ4n) is 2.99. The highest BCUT2D eigenvalue weighted by atomic mass is 16.5. The van der Waals surface area contributed by atoms with Crippen molar-refractivity contribution in [3.05, 3.63) is 84.1 Å². The van der Waals surface area contributed by atoms with Gasteiger partial charge in [-0.3, -0.25) is 9.20 Å². The van der Waals surface area contributed by atoms with Crippen LogP contribution in [0.5, 0.6) is 5.75 Å². The summed E-state index contributed by atoms with van der Waals surface area (Å²) in [4.78, 5) is 17.2. The Hall–Kier alpha value is -3.60. The molecule has 0 amide bonds. The first-order valence-electron chi connectivity index (χ1n) is 8.19. The topological polar surface area (TPSA) is 69.6 Å². The van der Waals surface area contributed by atoms with Gasteiger partial charge in [0.25, 0.3) is 0 Å². The van der Waals surface area contributed by atoms with E-state index in [4.69, 9.17) is 10.5 Å². The van der Waals surface area contributed by atoms with Crippen molar-refractivity contribution in [2.75, 3.05) is 12.8 Å². The molecule has 0 fully saturated rings. The van der Waals surface area contributed by atoms with Crippen LogP contribution in [0.25, 0.3) is 16.9 Å². The first kappa shape index (κ1) is 15.9. The van der Waals surface area contributed by atoms with E-state index in [2.05, 4.69) is 4.98 Å². The predicted octanol–water partition coefficient (Wildman–Crippen LogP) is 3.82. The molecule has 26 heavy (non-hydrogen) atoms. The average molecular weight is 343 g/mol. The lowest BCUT2D eigenvalue weighted by Gasteiger charge is -2.07. The quantitative estimate of drug-likeness (QED) is 0.572. The van der Waals surface area contributed by atoms with Crippen LogP contribution in [0, 0.1) is 0 Å². The van der Waals surface area contributed by atoms with Crippen molar-refractivity contribution < 1.29 is 9.53 Å². The number of nitrogens with zero attached hydrogens (tertiary/aromatic N) is 2. The van der Waals surface area contributed by atoms with Gasteiger partial charge < -0.3 is 10.5 Å². The maximum atomic E-state index is 12.7. The molecule has 0 bridgehead atoms. The summed E-state index contributed by atoms with van der Waals surface area (Å²) in [5.41, 5.74) is 9.72. The van der Waals surface area contributed by atoms with E-state index >= 15 is 0 Å². The Bertz CT molecular complexity index is 1080. The molecule has 5 nitrogen and oxygen atoms in total. The highest BCUT2D eigenvalue weighted by molar-refractivity contribution is 6.09. The molecule has 128 valence electrons. The van der Waals surface area contributed by atoms with Crippen LogP contribution in [0.15, 0.2) is 72.9 Å². The van der Waals surface area contributed by atoms with Crippen LogP contribution in [-0.2, 0) is 0 Å². The van der Waals surface area contributed by atoms with Crippen LogP contribution in [0.2, 0.25) is 0 Å². The molecule has 0 spiro atoms. The van der Waals surface area contributed by atoms with E-state index in [-0.39, 0.29) is 5.78 Å².